The SMILES string of the molecule is Cc1ccc(N=C(c2ccccc2)c2cc(-c3ccc(C)cc3)nnc2Nc2ccc(C)cc2)cc1. The van der Waals surface area contributed by atoms with E-state index in [-0.39, 0.29) is 0 Å². The van der Waals surface area contributed by atoms with E-state index in [1.807, 2.05) is 42.5 Å². The Morgan fingerprint density at radius 1 is 0.639 bits per heavy atom. The van der Waals surface area contributed by atoms with Crippen LogP contribution in [0.3, 0.4) is 0 Å². The van der Waals surface area contributed by atoms with Crippen LogP contribution in [0, 0.1) is 20.8 Å². The first kappa shape index (κ1) is 23.2. The van der Waals surface area contributed by atoms with Crippen molar-refractivity contribution < 1.29 is 0 Å². The fourth-order valence-electron chi connectivity index (χ4n) is 3.93. The zero-order chi connectivity index (χ0) is 24.9. The largest absolute Gasteiger partial charge is 0.338 e. The van der Waals surface area contributed by atoms with Gasteiger partial charge in [-0.05, 0) is 51.1 Å². The van der Waals surface area contributed by atoms with Crippen LogP contribution in [0.2, 0.25) is 0 Å². The molecule has 0 aliphatic rings. The zero-order valence-electron chi connectivity index (χ0n) is 20.7. The fraction of sp³-hybridized carbons (Fsp3) is 0.0938. The molecule has 0 aliphatic carbocycles. The van der Waals surface area contributed by atoms with Gasteiger partial charge in [-0.3, -0.25) is 0 Å². The molecule has 5 aromatic rings. The Kier molecular flexibility index (Phi) is 6.67. The van der Waals surface area contributed by atoms with Gasteiger partial charge in [-0.15, -0.1) is 10.2 Å². The second-order valence-corrected chi connectivity index (χ2v) is 9.01. The summed E-state index contributed by atoms with van der Waals surface area (Å²) in [6.07, 6.45) is 0. The molecule has 1 aromatic heterocycles. The van der Waals surface area contributed by atoms with Gasteiger partial charge in [-0.2, -0.15) is 0 Å². The van der Waals surface area contributed by atoms with Crippen LogP contribution >= 0.6 is 0 Å². The number of nitrogens with zero attached hydrogens (tertiary/aromatic N) is 3. The summed E-state index contributed by atoms with van der Waals surface area (Å²) in [6.45, 7) is 6.24. The van der Waals surface area contributed by atoms with Crippen LogP contribution in [0.25, 0.3) is 11.3 Å². The number of anilines is 2. The molecule has 0 bridgehead atoms. The highest BCUT2D eigenvalue weighted by molar-refractivity contribution is 6.17. The molecule has 0 amide bonds. The van der Waals surface area contributed by atoms with Crippen LogP contribution in [-0.2, 0) is 0 Å². The van der Waals surface area contributed by atoms with Crippen molar-refractivity contribution in [2.24, 2.45) is 4.99 Å². The summed E-state index contributed by atoms with van der Waals surface area (Å²) in [5.41, 5.74) is 9.97. The maximum atomic E-state index is 5.11. The van der Waals surface area contributed by atoms with Crippen molar-refractivity contribution in [1.29, 1.82) is 0 Å². The number of nitrogens with one attached hydrogen (secondary N) is 1. The highest BCUT2D eigenvalue weighted by Crippen LogP contribution is 2.28. The van der Waals surface area contributed by atoms with E-state index in [0.29, 0.717) is 5.82 Å². The molecule has 5 rings (SSSR count). The molecule has 0 radical (unpaired) electrons. The first-order valence-corrected chi connectivity index (χ1v) is 12.0. The Bertz CT molecular complexity index is 1490. The van der Waals surface area contributed by atoms with Gasteiger partial charge in [-0.25, -0.2) is 4.99 Å². The van der Waals surface area contributed by atoms with E-state index in [4.69, 9.17) is 4.99 Å². The molecule has 0 atom stereocenters. The summed E-state index contributed by atoms with van der Waals surface area (Å²) in [5.74, 6) is 0.657. The third-order valence-electron chi connectivity index (χ3n) is 6.03. The molecule has 4 nitrogen and oxygen atoms in total. The van der Waals surface area contributed by atoms with Gasteiger partial charge in [0.05, 0.1) is 17.1 Å². The Balaban J connectivity index is 1.70. The molecule has 0 aliphatic heterocycles. The number of rotatable bonds is 6. The number of aliphatic imine (C=N–C) groups is 1. The van der Waals surface area contributed by atoms with Crippen molar-refractivity contribution in [1.82, 2.24) is 10.2 Å². The lowest BCUT2D eigenvalue weighted by atomic mass is 10.00. The van der Waals surface area contributed by atoms with Crippen LogP contribution in [-0.4, -0.2) is 15.9 Å². The van der Waals surface area contributed by atoms with Crippen LogP contribution in [0.15, 0.2) is 114 Å². The summed E-state index contributed by atoms with van der Waals surface area (Å²) >= 11 is 0. The second kappa shape index (κ2) is 10.4. The van der Waals surface area contributed by atoms with E-state index in [9.17, 15) is 0 Å². The molecule has 4 heteroatoms. The molecule has 0 saturated carbocycles. The molecule has 0 unspecified atom stereocenters. The highest BCUT2D eigenvalue weighted by atomic mass is 15.2. The molecule has 0 saturated heterocycles. The minimum atomic E-state index is 0.657. The predicted octanol–water partition coefficient (Wildman–Crippen LogP) is 7.98. The van der Waals surface area contributed by atoms with Crippen molar-refractivity contribution in [2.75, 3.05) is 5.32 Å². The topological polar surface area (TPSA) is 50.2 Å². The molecule has 36 heavy (non-hydrogen) atoms. The third-order valence-corrected chi connectivity index (χ3v) is 6.03. The number of aromatic nitrogens is 2. The van der Waals surface area contributed by atoms with Crippen molar-refractivity contribution >= 4 is 22.9 Å². The van der Waals surface area contributed by atoms with E-state index in [1.165, 1.54) is 16.7 Å². The number of hydrogen-bond acceptors (Lipinski definition) is 4. The standard InChI is InChI=1S/C32H28N4/c1-22-9-15-25(16-10-22)30-21-29(32(36-35-30)34-28-19-13-24(3)14-20-28)31(26-7-5-4-6-8-26)33-27-17-11-23(2)12-18-27/h4-21H,1-3H3,(H,34,36). The summed E-state index contributed by atoms with van der Waals surface area (Å²) in [6, 6.07) is 37.1. The minimum absolute atomic E-state index is 0.657. The predicted molar refractivity (Wildman–Crippen MR) is 150 cm³/mol. The molecular weight excluding hydrogens is 440 g/mol. The first-order valence-electron chi connectivity index (χ1n) is 12.0. The van der Waals surface area contributed by atoms with Crippen LogP contribution in [0.4, 0.5) is 17.2 Å². The van der Waals surface area contributed by atoms with Crippen molar-refractivity contribution in [2.45, 2.75) is 20.8 Å². The monoisotopic (exact) mass is 468 g/mol. The Morgan fingerprint density at radius 2 is 1.22 bits per heavy atom. The number of hydrogen-bond donors (Lipinski definition) is 1. The molecule has 0 fully saturated rings. The molecule has 1 N–H and O–H groups in total. The smallest absolute Gasteiger partial charge is 0.162 e. The van der Waals surface area contributed by atoms with Gasteiger partial charge >= 0.3 is 0 Å². The lowest BCUT2D eigenvalue weighted by molar-refractivity contribution is 1.04. The quantitative estimate of drug-likeness (QED) is 0.257. The summed E-state index contributed by atoms with van der Waals surface area (Å²) in [7, 11) is 0. The fourth-order valence-corrected chi connectivity index (χ4v) is 3.93. The maximum absolute atomic E-state index is 5.11. The van der Waals surface area contributed by atoms with Gasteiger partial charge in [0, 0.05) is 22.4 Å². The van der Waals surface area contributed by atoms with Crippen molar-refractivity contribution in [3.8, 4) is 11.3 Å². The molecule has 176 valence electrons. The van der Waals surface area contributed by atoms with E-state index in [2.05, 4.69) is 103 Å². The lowest BCUT2D eigenvalue weighted by Gasteiger charge is -2.15. The molecular formula is C32H28N4. The van der Waals surface area contributed by atoms with Crippen LogP contribution < -0.4 is 5.32 Å². The number of benzene rings is 4. The Morgan fingerprint density at radius 3 is 1.86 bits per heavy atom. The van der Waals surface area contributed by atoms with Crippen molar-refractivity contribution in [3.05, 3.63) is 137 Å². The van der Waals surface area contributed by atoms with Gasteiger partial charge in [-0.1, -0.05) is 95.6 Å². The van der Waals surface area contributed by atoms with Gasteiger partial charge in [0.25, 0.3) is 0 Å². The zero-order valence-corrected chi connectivity index (χ0v) is 20.7. The van der Waals surface area contributed by atoms with E-state index in [1.54, 1.807) is 0 Å². The minimum Gasteiger partial charge on any atom is -0.338 e. The molecule has 0 spiro atoms. The molecule has 1 heterocycles. The number of aryl methyl sites for hydroxylation is 3. The molecule has 4 aromatic carbocycles. The van der Waals surface area contributed by atoms with E-state index < -0.39 is 0 Å². The van der Waals surface area contributed by atoms with Crippen LogP contribution in [0.1, 0.15) is 27.8 Å². The first-order chi connectivity index (χ1) is 17.5. The van der Waals surface area contributed by atoms with Gasteiger partial charge < -0.3 is 5.32 Å². The van der Waals surface area contributed by atoms with Gasteiger partial charge in [0.15, 0.2) is 5.82 Å². The van der Waals surface area contributed by atoms with E-state index in [0.717, 1.165) is 39.5 Å². The Labute approximate surface area is 212 Å². The maximum Gasteiger partial charge on any atom is 0.162 e. The van der Waals surface area contributed by atoms with Crippen molar-refractivity contribution in [3.63, 3.8) is 0 Å². The summed E-state index contributed by atoms with van der Waals surface area (Å²) in [5, 5.41) is 12.7. The van der Waals surface area contributed by atoms with E-state index >= 15 is 0 Å². The van der Waals surface area contributed by atoms with Gasteiger partial charge in [0.2, 0.25) is 0 Å². The van der Waals surface area contributed by atoms with Crippen LogP contribution in [0.5, 0.6) is 0 Å². The summed E-state index contributed by atoms with van der Waals surface area (Å²) < 4.78 is 0. The second-order valence-electron chi connectivity index (χ2n) is 9.01. The average Bonchev–Trinajstić information content (AvgIpc) is 2.91. The van der Waals surface area contributed by atoms with Gasteiger partial charge in [0.1, 0.15) is 0 Å². The highest BCUT2D eigenvalue weighted by Gasteiger charge is 2.17. The normalized spacial score (nSPS) is 11.4. The summed E-state index contributed by atoms with van der Waals surface area (Å²) in [4.78, 5) is 5.11. The third kappa shape index (κ3) is 5.39. The average molecular weight is 469 g/mol. The lowest BCUT2D eigenvalue weighted by Crippen LogP contribution is -2.10. The Hall–Kier alpha value is -4.57.